The Morgan fingerprint density at radius 2 is 1.70 bits per heavy atom. The molecule has 0 unspecified atom stereocenters. The molecule has 0 fully saturated rings. The second-order valence-electron chi connectivity index (χ2n) is 2.00. The molecule has 0 aliphatic heterocycles. The van der Waals surface area contributed by atoms with Gasteiger partial charge in [-0.2, -0.15) is 4.90 Å². The molecule has 10 heavy (non-hydrogen) atoms. The van der Waals surface area contributed by atoms with Gasteiger partial charge in [0.05, 0.1) is 0 Å². The van der Waals surface area contributed by atoms with Crippen molar-refractivity contribution in [3.63, 3.8) is 0 Å². The van der Waals surface area contributed by atoms with Gasteiger partial charge in [0, 0.05) is 0 Å². The molecule has 1 aromatic carbocycles. The second kappa shape index (κ2) is 5.84. The van der Waals surface area contributed by atoms with Crippen LogP contribution >= 0.6 is 0 Å². The van der Waals surface area contributed by atoms with E-state index in [9.17, 15) is 0 Å². The summed E-state index contributed by atoms with van der Waals surface area (Å²) in [5.41, 5.74) is 1.35. The van der Waals surface area contributed by atoms with Crippen molar-refractivity contribution in [2.75, 3.05) is 0 Å². The molecule has 48 valence electrons. The summed E-state index contributed by atoms with van der Waals surface area (Å²) >= 11 is 4.92. The number of aryl methyl sites for hydroxylation is 1. The quantitative estimate of drug-likeness (QED) is 0.559. The van der Waals surface area contributed by atoms with E-state index in [0.29, 0.717) is 0 Å². The van der Waals surface area contributed by atoms with Gasteiger partial charge in [0.1, 0.15) is 0 Å². The van der Waals surface area contributed by atoms with Crippen LogP contribution < -0.4 is 58.2 Å². The second-order valence-corrected chi connectivity index (χ2v) is 2.47. The van der Waals surface area contributed by atoms with Crippen LogP contribution in [0.4, 0.5) is 0 Å². The number of rotatable bonds is 1. The van der Waals surface area contributed by atoms with Crippen LogP contribution in [-0.4, -0.2) is 0 Å². The summed E-state index contributed by atoms with van der Waals surface area (Å²) in [7, 11) is 0. The fourth-order valence-electron chi connectivity index (χ4n) is 0.725. The molecule has 0 spiro atoms. The molecule has 0 saturated heterocycles. The Bertz CT molecular complexity index is 181. The van der Waals surface area contributed by atoms with Crippen LogP contribution in [-0.2, 0) is 19.0 Å². The Balaban J connectivity index is 0.000000810. The van der Waals surface area contributed by atoms with Crippen LogP contribution in [0.1, 0.15) is 12.5 Å². The van der Waals surface area contributed by atoms with Crippen molar-refractivity contribution in [3.8, 4) is 0 Å². The molecule has 0 radical (unpaired) electrons. The van der Waals surface area contributed by atoms with Crippen LogP contribution in [0.15, 0.2) is 29.2 Å². The molecule has 1 aromatic rings. The molecule has 0 aromatic heterocycles. The average molecular weight is 223 g/mol. The molecule has 0 saturated carbocycles. The van der Waals surface area contributed by atoms with Crippen LogP contribution in [0.2, 0.25) is 0 Å². The van der Waals surface area contributed by atoms with E-state index in [1.165, 1.54) is 5.56 Å². The van der Waals surface area contributed by atoms with Crippen molar-refractivity contribution in [2.45, 2.75) is 18.2 Å². The Kier molecular flexibility index (Phi) is 6.57. The minimum Gasteiger partial charge on any atom is -0.780 e. The maximum atomic E-state index is 4.92. The number of hydrogen-bond donors (Lipinski definition) is 0. The van der Waals surface area contributed by atoms with Crippen molar-refractivity contribution in [2.24, 2.45) is 0 Å². The van der Waals surface area contributed by atoms with E-state index in [-0.39, 0.29) is 58.2 Å². The van der Waals surface area contributed by atoms with Gasteiger partial charge in [0.15, 0.2) is 0 Å². The summed E-state index contributed by atoms with van der Waals surface area (Å²) in [5.74, 6) is 0. The van der Waals surface area contributed by atoms with Gasteiger partial charge in [0.25, 0.3) is 0 Å². The fraction of sp³-hybridized carbons (Fsp3) is 0.250. The predicted molar refractivity (Wildman–Crippen MR) is 41.5 cm³/mol. The van der Waals surface area contributed by atoms with E-state index in [1.807, 2.05) is 12.1 Å². The van der Waals surface area contributed by atoms with Gasteiger partial charge in [-0.1, -0.05) is 31.2 Å². The maximum absolute atomic E-state index is 4.92. The molecular weight excluding hydrogens is 214 g/mol. The maximum Gasteiger partial charge on any atom is 1.00 e. The first-order valence-corrected chi connectivity index (χ1v) is 3.49. The fourth-order valence-corrected chi connectivity index (χ4v) is 0.861. The molecule has 1 rings (SSSR count). The molecule has 0 amide bonds. The van der Waals surface area contributed by atoms with E-state index < -0.39 is 0 Å². The van der Waals surface area contributed by atoms with Gasteiger partial charge in [-0.3, -0.25) is 0 Å². The zero-order valence-corrected chi connectivity index (χ0v) is 12.2. The summed E-state index contributed by atoms with van der Waals surface area (Å²) in [6.45, 7) is 2.14. The van der Waals surface area contributed by atoms with E-state index >= 15 is 0 Å². The predicted octanol–water partition coefficient (Wildman–Crippen LogP) is -0.841. The summed E-state index contributed by atoms with van der Waals surface area (Å²) in [5, 5.41) is 0. The van der Waals surface area contributed by atoms with Crippen molar-refractivity contribution in [1.82, 2.24) is 0 Å². The first kappa shape index (κ1) is 11.2. The number of hydrogen-bond acceptors (Lipinski definition) is 1. The third kappa shape index (κ3) is 3.58. The van der Waals surface area contributed by atoms with Gasteiger partial charge < -0.3 is 12.6 Å². The monoisotopic (exact) mass is 222 g/mol. The number of benzene rings is 1. The van der Waals surface area contributed by atoms with Gasteiger partial charge in [-0.25, -0.2) is 0 Å². The minimum absolute atomic E-state index is 0. The van der Waals surface area contributed by atoms with Crippen LogP contribution in [0.5, 0.6) is 0 Å². The molecule has 0 aliphatic rings. The zero-order chi connectivity index (χ0) is 6.69. The Morgan fingerprint density at radius 1 is 1.20 bits per heavy atom. The van der Waals surface area contributed by atoms with E-state index in [2.05, 4.69) is 19.1 Å². The van der Waals surface area contributed by atoms with E-state index in [4.69, 9.17) is 12.6 Å². The molecule has 2 heteroatoms. The first-order chi connectivity index (χ1) is 4.33. The Morgan fingerprint density at radius 3 is 2.10 bits per heavy atom. The summed E-state index contributed by atoms with van der Waals surface area (Å²) < 4.78 is 0. The van der Waals surface area contributed by atoms with E-state index in [0.717, 1.165) is 11.3 Å². The minimum atomic E-state index is 0. The van der Waals surface area contributed by atoms with Gasteiger partial charge >= 0.3 is 58.2 Å². The van der Waals surface area contributed by atoms with Gasteiger partial charge in [-0.15, -0.1) is 0 Å². The van der Waals surface area contributed by atoms with Gasteiger partial charge in [-0.05, 0) is 12.0 Å². The summed E-state index contributed by atoms with van der Waals surface area (Å²) in [6, 6.07) is 8.08. The molecule has 0 N–H and O–H groups in total. The third-order valence-corrected chi connectivity index (χ3v) is 1.60. The largest absolute Gasteiger partial charge is 1.00 e. The third-order valence-electron chi connectivity index (χ3n) is 1.33. The molecule has 0 bridgehead atoms. The molecule has 0 atom stereocenters. The zero-order valence-electron chi connectivity index (χ0n) is 6.42. The van der Waals surface area contributed by atoms with E-state index in [1.54, 1.807) is 0 Å². The Labute approximate surface area is 117 Å². The van der Waals surface area contributed by atoms with Gasteiger partial charge in [0.2, 0.25) is 0 Å². The average Bonchev–Trinajstić information content (AvgIpc) is 1.90. The van der Waals surface area contributed by atoms with Crippen molar-refractivity contribution < 1.29 is 58.2 Å². The van der Waals surface area contributed by atoms with Crippen molar-refractivity contribution in [1.29, 1.82) is 0 Å². The summed E-state index contributed by atoms with van der Waals surface area (Å²) in [6.07, 6.45) is 1.09. The van der Waals surface area contributed by atoms with Crippen molar-refractivity contribution in [3.05, 3.63) is 29.8 Å². The SMILES string of the molecule is CCc1ccc([S-])cc1.[Rb+]. The Hall–Kier alpha value is 1.25. The molecule has 0 heterocycles. The molecule has 0 aliphatic carbocycles. The smallest absolute Gasteiger partial charge is 0.780 e. The van der Waals surface area contributed by atoms with Crippen LogP contribution in [0.25, 0.3) is 0 Å². The van der Waals surface area contributed by atoms with Crippen LogP contribution in [0.3, 0.4) is 0 Å². The normalized spacial score (nSPS) is 8.50. The topological polar surface area (TPSA) is 0 Å². The standard InChI is InChI=1S/C8H10S.Rb/c1-2-7-3-5-8(9)6-4-7;/h3-6,9H,2H2,1H3;/q;+1/p-1. The summed E-state index contributed by atoms with van der Waals surface area (Å²) in [4.78, 5) is 0.923. The molecule has 0 nitrogen and oxygen atoms in total. The van der Waals surface area contributed by atoms with Crippen molar-refractivity contribution >= 4 is 12.6 Å². The molecular formula is C8H9RbS. The van der Waals surface area contributed by atoms with Crippen LogP contribution in [0, 0.1) is 0 Å². The first-order valence-electron chi connectivity index (χ1n) is 3.09.